The summed E-state index contributed by atoms with van der Waals surface area (Å²) in [5.74, 6) is 0.895. The van der Waals surface area contributed by atoms with Crippen LogP contribution in [0.2, 0.25) is 0 Å². The zero-order valence-electron chi connectivity index (χ0n) is 24.3. The first-order valence-electron chi connectivity index (χ1n) is 15.2. The van der Waals surface area contributed by atoms with Crippen molar-refractivity contribution in [1.82, 2.24) is 14.5 Å². The number of hydrogen-bond donors (Lipinski definition) is 0. The predicted molar refractivity (Wildman–Crippen MR) is 187 cm³/mol. The summed E-state index contributed by atoms with van der Waals surface area (Å²) < 4.78 is 8.96. The number of furan rings is 1. The van der Waals surface area contributed by atoms with Crippen molar-refractivity contribution in [1.29, 1.82) is 0 Å². The van der Waals surface area contributed by atoms with Crippen LogP contribution in [0.25, 0.3) is 49.7 Å². The molecule has 0 aliphatic heterocycles. The van der Waals surface area contributed by atoms with E-state index in [9.17, 15) is 0 Å². The largest absolute Gasteiger partial charge is 0.438 e. The molecule has 5 heteroatoms. The molecule has 4 aromatic heterocycles. The van der Waals surface area contributed by atoms with Crippen LogP contribution in [-0.4, -0.2) is 22.6 Å². The lowest BCUT2D eigenvalue weighted by atomic mass is 10.2. The molecule has 0 aliphatic rings. The van der Waals surface area contributed by atoms with Gasteiger partial charge in [-0.1, -0.05) is 121 Å². The number of pyridine rings is 2. The first-order valence-corrected chi connectivity index (χ1v) is 17.2. The Labute approximate surface area is 260 Å². The highest BCUT2D eigenvalue weighted by molar-refractivity contribution is 7.20. The third-order valence-electron chi connectivity index (χ3n) is 9.02. The standard InChI is InChI=1S/C40H27N3OSi/c1-3-14-28(15-4-1)45(29-16-5-2-6-17-29,36-24-11-20-32-33-21-13-27-41-40(33)44-39(32)36)38-26-12-25-37(42-38)43-34-22-9-7-18-30(34)31-19-8-10-23-35(31)43/h1-27H. The molecule has 0 atom stereocenters. The van der Waals surface area contributed by atoms with E-state index in [4.69, 9.17) is 9.40 Å². The van der Waals surface area contributed by atoms with Gasteiger partial charge in [-0.2, -0.15) is 0 Å². The third kappa shape index (κ3) is 3.78. The van der Waals surface area contributed by atoms with Crippen LogP contribution < -0.4 is 20.9 Å². The van der Waals surface area contributed by atoms with Crippen LogP contribution in [0.4, 0.5) is 0 Å². The van der Waals surface area contributed by atoms with Crippen molar-refractivity contribution in [2.24, 2.45) is 0 Å². The molecule has 4 heterocycles. The highest BCUT2D eigenvalue weighted by atomic mass is 28.3. The second-order valence-corrected chi connectivity index (χ2v) is 15.1. The maximum absolute atomic E-state index is 6.66. The Morgan fingerprint density at radius 3 is 1.76 bits per heavy atom. The van der Waals surface area contributed by atoms with Crippen LogP contribution in [0.5, 0.6) is 0 Å². The Morgan fingerprint density at radius 2 is 1.07 bits per heavy atom. The van der Waals surface area contributed by atoms with Crippen molar-refractivity contribution in [3.05, 3.63) is 164 Å². The van der Waals surface area contributed by atoms with Crippen LogP contribution >= 0.6 is 0 Å². The van der Waals surface area contributed by atoms with E-state index in [1.165, 1.54) is 21.1 Å². The predicted octanol–water partition coefficient (Wildman–Crippen LogP) is 6.85. The fourth-order valence-corrected chi connectivity index (χ4v) is 11.9. The highest BCUT2D eigenvalue weighted by Gasteiger charge is 2.45. The van der Waals surface area contributed by atoms with E-state index >= 15 is 0 Å². The number of nitrogens with zero attached hydrogens (tertiary/aromatic N) is 3. The van der Waals surface area contributed by atoms with Crippen LogP contribution in [0.15, 0.2) is 168 Å². The van der Waals surface area contributed by atoms with E-state index in [2.05, 4.69) is 161 Å². The van der Waals surface area contributed by atoms with Crippen molar-refractivity contribution in [3.63, 3.8) is 0 Å². The maximum atomic E-state index is 6.66. The third-order valence-corrected chi connectivity index (χ3v) is 13.7. The van der Waals surface area contributed by atoms with E-state index in [0.717, 1.165) is 43.7 Å². The molecule has 9 rings (SSSR count). The Bertz CT molecular complexity index is 2410. The number of para-hydroxylation sites is 3. The van der Waals surface area contributed by atoms with Crippen LogP contribution in [0, 0.1) is 0 Å². The van der Waals surface area contributed by atoms with Crippen molar-refractivity contribution in [2.75, 3.05) is 0 Å². The van der Waals surface area contributed by atoms with Gasteiger partial charge in [0.05, 0.1) is 11.0 Å². The molecule has 9 aromatic rings. The van der Waals surface area contributed by atoms with Gasteiger partial charge in [-0.3, -0.25) is 4.57 Å². The van der Waals surface area contributed by atoms with E-state index in [-0.39, 0.29) is 0 Å². The molecule has 5 aromatic carbocycles. The first-order chi connectivity index (χ1) is 22.3. The van der Waals surface area contributed by atoms with Gasteiger partial charge in [0.1, 0.15) is 11.4 Å². The van der Waals surface area contributed by atoms with E-state index in [0.29, 0.717) is 5.71 Å². The SMILES string of the molecule is c1ccc([Si](c2ccccc2)(c2cccc(-n3c4ccccc4c4ccccc43)n2)c2cccc3c2oc2ncccc23)cc1. The molecular formula is C40H27N3OSi. The normalized spacial score (nSPS) is 12.0. The van der Waals surface area contributed by atoms with Gasteiger partial charge in [-0.15, -0.1) is 0 Å². The topological polar surface area (TPSA) is 43.9 Å². The highest BCUT2D eigenvalue weighted by Crippen LogP contribution is 2.31. The van der Waals surface area contributed by atoms with E-state index < -0.39 is 8.07 Å². The van der Waals surface area contributed by atoms with Gasteiger partial charge in [0.15, 0.2) is 0 Å². The fourth-order valence-electron chi connectivity index (χ4n) is 7.14. The minimum atomic E-state index is -3.05. The Balaban J connectivity index is 1.42. The molecule has 0 saturated heterocycles. The zero-order valence-corrected chi connectivity index (χ0v) is 25.3. The molecular weight excluding hydrogens is 567 g/mol. The van der Waals surface area contributed by atoms with E-state index in [1.807, 2.05) is 6.07 Å². The lowest BCUT2D eigenvalue weighted by Gasteiger charge is -2.33. The molecule has 45 heavy (non-hydrogen) atoms. The summed E-state index contributed by atoms with van der Waals surface area (Å²) >= 11 is 0. The van der Waals surface area contributed by atoms with Gasteiger partial charge >= 0.3 is 0 Å². The van der Waals surface area contributed by atoms with Gasteiger partial charge in [0.2, 0.25) is 13.8 Å². The second-order valence-electron chi connectivity index (χ2n) is 11.4. The summed E-state index contributed by atoms with van der Waals surface area (Å²) in [5.41, 5.74) is 3.80. The minimum Gasteiger partial charge on any atom is -0.438 e. The number of hydrogen-bond acceptors (Lipinski definition) is 3. The van der Waals surface area contributed by atoms with Crippen LogP contribution in [-0.2, 0) is 0 Å². The molecule has 0 aliphatic carbocycles. The molecule has 0 amide bonds. The van der Waals surface area contributed by atoms with E-state index in [1.54, 1.807) is 6.20 Å². The van der Waals surface area contributed by atoms with Crippen LogP contribution in [0.3, 0.4) is 0 Å². The molecule has 0 fully saturated rings. The summed E-state index contributed by atoms with van der Waals surface area (Å²) in [6, 6.07) is 56.0. The molecule has 4 nitrogen and oxygen atoms in total. The number of benzene rings is 5. The summed E-state index contributed by atoms with van der Waals surface area (Å²) in [6.45, 7) is 0. The number of fused-ring (bicyclic) bond motifs is 6. The van der Waals surface area contributed by atoms with Gasteiger partial charge in [-0.05, 0) is 52.0 Å². The van der Waals surface area contributed by atoms with Crippen molar-refractivity contribution >= 4 is 72.8 Å². The van der Waals surface area contributed by atoms with Gasteiger partial charge < -0.3 is 4.42 Å². The summed E-state index contributed by atoms with van der Waals surface area (Å²) in [6.07, 6.45) is 1.79. The zero-order chi connectivity index (χ0) is 29.8. The molecule has 0 unspecified atom stereocenters. The smallest absolute Gasteiger partial charge is 0.227 e. The fraction of sp³-hybridized carbons (Fsp3) is 0. The molecule has 212 valence electrons. The molecule has 0 radical (unpaired) electrons. The summed E-state index contributed by atoms with van der Waals surface area (Å²) in [7, 11) is -3.05. The maximum Gasteiger partial charge on any atom is 0.227 e. The Kier molecular flexibility index (Phi) is 5.79. The van der Waals surface area contributed by atoms with Crippen molar-refractivity contribution in [3.8, 4) is 5.82 Å². The van der Waals surface area contributed by atoms with Crippen molar-refractivity contribution < 1.29 is 4.42 Å². The molecule has 0 spiro atoms. The lowest BCUT2D eigenvalue weighted by molar-refractivity contribution is 0.656. The second kappa shape index (κ2) is 10.1. The van der Waals surface area contributed by atoms with Gasteiger partial charge in [0.25, 0.3) is 0 Å². The lowest BCUT2D eigenvalue weighted by Crippen LogP contribution is -2.75. The number of rotatable bonds is 5. The quantitative estimate of drug-likeness (QED) is 0.162. The Hall–Kier alpha value is -5.78. The number of aromatic nitrogens is 3. The average molecular weight is 594 g/mol. The Morgan fingerprint density at radius 1 is 0.489 bits per heavy atom. The average Bonchev–Trinajstić information content (AvgIpc) is 3.66. The monoisotopic (exact) mass is 593 g/mol. The minimum absolute atomic E-state index is 0.649. The molecule has 0 bridgehead atoms. The molecule has 0 saturated carbocycles. The summed E-state index contributed by atoms with van der Waals surface area (Å²) in [4.78, 5) is 10.2. The van der Waals surface area contributed by atoms with Crippen molar-refractivity contribution in [2.45, 2.75) is 0 Å². The van der Waals surface area contributed by atoms with Crippen LogP contribution in [0.1, 0.15) is 0 Å². The van der Waals surface area contributed by atoms with Gasteiger partial charge in [-0.25, -0.2) is 9.97 Å². The summed E-state index contributed by atoms with van der Waals surface area (Å²) in [5, 5.41) is 9.20. The molecule has 0 N–H and O–H groups in total. The first kappa shape index (κ1) is 25.7. The van der Waals surface area contributed by atoms with Gasteiger partial charge in [0, 0.05) is 33.1 Å².